The van der Waals surface area contributed by atoms with E-state index in [2.05, 4.69) is 37.9 Å². The lowest BCUT2D eigenvalue weighted by molar-refractivity contribution is 0.141. The molecule has 1 aliphatic heterocycles. The van der Waals surface area contributed by atoms with Gasteiger partial charge in [-0.15, -0.1) is 0 Å². The largest absolute Gasteiger partial charge is 0.315 e. The zero-order valence-electron chi connectivity index (χ0n) is 11.6. The molecule has 2 heteroatoms. The van der Waals surface area contributed by atoms with E-state index in [0.717, 1.165) is 18.0 Å². The van der Waals surface area contributed by atoms with Crippen LogP contribution in [0.4, 0.5) is 0 Å². The Morgan fingerprint density at radius 1 is 1.25 bits per heavy atom. The van der Waals surface area contributed by atoms with Crippen molar-refractivity contribution in [2.75, 3.05) is 19.6 Å². The molecule has 1 rings (SSSR count). The molecular formula is C14H30N2. The molecule has 96 valence electrons. The van der Waals surface area contributed by atoms with Crippen LogP contribution >= 0.6 is 0 Å². The Morgan fingerprint density at radius 2 is 2.00 bits per heavy atom. The summed E-state index contributed by atoms with van der Waals surface area (Å²) in [6.45, 7) is 13.0. The highest BCUT2D eigenvalue weighted by molar-refractivity contribution is 4.83. The molecular weight excluding hydrogens is 196 g/mol. The van der Waals surface area contributed by atoms with E-state index in [1.807, 2.05) is 0 Å². The number of nitrogens with one attached hydrogen (secondary N) is 1. The third-order valence-electron chi connectivity index (χ3n) is 3.71. The van der Waals surface area contributed by atoms with Gasteiger partial charge < -0.3 is 5.32 Å². The van der Waals surface area contributed by atoms with Crippen LogP contribution in [0.5, 0.6) is 0 Å². The van der Waals surface area contributed by atoms with Crippen molar-refractivity contribution in [1.29, 1.82) is 0 Å². The minimum Gasteiger partial charge on any atom is -0.315 e. The van der Waals surface area contributed by atoms with Gasteiger partial charge in [-0.2, -0.15) is 0 Å². The molecule has 0 aromatic heterocycles. The summed E-state index contributed by atoms with van der Waals surface area (Å²) in [6, 6.07) is 1.55. The molecule has 2 nitrogen and oxygen atoms in total. The molecule has 0 aliphatic carbocycles. The standard InChI is InChI=1S/C14H30N2/c1-5-10-16(14-8-9-15-11-14)13(4)7-6-12(2)3/h12-15H,5-11H2,1-4H3. The summed E-state index contributed by atoms with van der Waals surface area (Å²) in [7, 11) is 0. The zero-order chi connectivity index (χ0) is 12.0. The Labute approximate surface area is 102 Å². The quantitative estimate of drug-likeness (QED) is 0.718. The molecule has 2 unspecified atom stereocenters. The Balaban J connectivity index is 2.40. The molecule has 1 aliphatic rings. The maximum Gasteiger partial charge on any atom is 0.0235 e. The van der Waals surface area contributed by atoms with Gasteiger partial charge in [-0.25, -0.2) is 0 Å². The Kier molecular flexibility index (Phi) is 6.37. The summed E-state index contributed by atoms with van der Waals surface area (Å²) in [5.74, 6) is 0.840. The predicted octanol–water partition coefficient (Wildman–Crippen LogP) is 2.89. The van der Waals surface area contributed by atoms with Gasteiger partial charge in [0.15, 0.2) is 0 Å². The minimum absolute atomic E-state index is 0.757. The maximum absolute atomic E-state index is 3.49. The first-order valence-corrected chi connectivity index (χ1v) is 7.11. The molecule has 1 saturated heterocycles. The van der Waals surface area contributed by atoms with Crippen molar-refractivity contribution >= 4 is 0 Å². The number of rotatable bonds is 7. The van der Waals surface area contributed by atoms with Crippen LogP contribution in [0.3, 0.4) is 0 Å². The number of hydrogen-bond donors (Lipinski definition) is 1. The SMILES string of the molecule is CCCN(C(C)CCC(C)C)C1CCNC1. The van der Waals surface area contributed by atoms with E-state index in [-0.39, 0.29) is 0 Å². The van der Waals surface area contributed by atoms with Crippen molar-refractivity contribution in [1.82, 2.24) is 10.2 Å². The minimum atomic E-state index is 0.757. The molecule has 16 heavy (non-hydrogen) atoms. The molecule has 0 aromatic rings. The molecule has 1 heterocycles. The van der Waals surface area contributed by atoms with Crippen LogP contribution in [0.15, 0.2) is 0 Å². The normalized spacial score (nSPS) is 23.2. The molecule has 1 N–H and O–H groups in total. The van der Waals surface area contributed by atoms with Crippen LogP contribution in [0.25, 0.3) is 0 Å². The van der Waals surface area contributed by atoms with Gasteiger partial charge in [0.1, 0.15) is 0 Å². The van der Waals surface area contributed by atoms with Crippen molar-refractivity contribution < 1.29 is 0 Å². The third kappa shape index (κ3) is 4.42. The Morgan fingerprint density at radius 3 is 2.50 bits per heavy atom. The topological polar surface area (TPSA) is 15.3 Å². The van der Waals surface area contributed by atoms with Crippen LogP contribution in [0.2, 0.25) is 0 Å². The van der Waals surface area contributed by atoms with Gasteiger partial charge in [-0.05, 0) is 51.6 Å². The van der Waals surface area contributed by atoms with E-state index in [1.165, 1.54) is 45.3 Å². The van der Waals surface area contributed by atoms with Crippen molar-refractivity contribution in [2.24, 2.45) is 5.92 Å². The van der Waals surface area contributed by atoms with E-state index < -0.39 is 0 Å². The van der Waals surface area contributed by atoms with E-state index >= 15 is 0 Å². The van der Waals surface area contributed by atoms with Gasteiger partial charge in [-0.3, -0.25) is 4.90 Å². The first-order chi connectivity index (χ1) is 7.65. The second-order valence-electron chi connectivity index (χ2n) is 5.70. The van der Waals surface area contributed by atoms with Crippen molar-refractivity contribution in [2.45, 2.75) is 65.5 Å². The summed E-state index contributed by atoms with van der Waals surface area (Å²) in [5, 5.41) is 3.49. The van der Waals surface area contributed by atoms with Gasteiger partial charge in [-0.1, -0.05) is 20.8 Å². The summed E-state index contributed by atoms with van der Waals surface area (Å²) < 4.78 is 0. The second kappa shape index (κ2) is 7.29. The van der Waals surface area contributed by atoms with E-state index in [1.54, 1.807) is 0 Å². The Bertz CT molecular complexity index is 174. The van der Waals surface area contributed by atoms with Gasteiger partial charge in [0.25, 0.3) is 0 Å². The predicted molar refractivity (Wildman–Crippen MR) is 71.8 cm³/mol. The van der Waals surface area contributed by atoms with Crippen LogP contribution < -0.4 is 5.32 Å². The average Bonchev–Trinajstić information content (AvgIpc) is 2.75. The zero-order valence-corrected chi connectivity index (χ0v) is 11.6. The number of hydrogen-bond acceptors (Lipinski definition) is 2. The first kappa shape index (κ1) is 14.0. The molecule has 2 atom stereocenters. The first-order valence-electron chi connectivity index (χ1n) is 7.11. The smallest absolute Gasteiger partial charge is 0.0235 e. The summed E-state index contributed by atoms with van der Waals surface area (Å²) in [6.07, 6.45) is 5.34. The van der Waals surface area contributed by atoms with Gasteiger partial charge in [0.05, 0.1) is 0 Å². The van der Waals surface area contributed by atoms with E-state index in [0.29, 0.717) is 0 Å². The van der Waals surface area contributed by atoms with Gasteiger partial charge in [0, 0.05) is 18.6 Å². The lowest BCUT2D eigenvalue weighted by Crippen LogP contribution is -2.43. The lowest BCUT2D eigenvalue weighted by atomic mass is 10.0. The van der Waals surface area contributed by atoms with E-state index in [4.69, 9.17) is 0 Å². The van der Waals surface area contributed by atoms with Crippen LogP contribution in [0, 0.1) is 5.92 Å². The highest BCUT2D eigenvalue weighted by Gasteiger charge is 2.25. The van der Waals surface area contributed by atoms with Crippen LogP contribution in [-0.2, 0) is 0 Å². The monoisotopic (exact) mass is 226 g/mol. The summed E-state index contributed by atoms with van der Waals surface area (Å²) >= 11 is 0. The van der Waals surface area contributed by atoms with E-state index in [9.17, 15) is 0 Å². The fourth-order valence-electron chi connectivity index (χ4n) is 2.68. The molecule has 0 aromatic carbocycles. The highest BCUT2D eigenvalue weighted by atomic mass is 15.2. The molecule has 1 fully saturated rings. The van der Waals surface area contributed by atoms with Gasteiger partial charge >= 0.3 is 0 Å². The lowest BCUT2D eigenvalue weighted by Gasteiger charge is -2.34. The second-order valence-corrected chi connectivity index (χ2v) is 5.70. The molecule has 0 bridgehead atoms. The van der Waals surface area contributed by atoms with Gasteiger partial charge in [0.2, 0.25) is 0 Å². The van der Waals surface area contributed by atoms with Crippen LogP contribution in [-0.4, -0.2) is 36.6 Å². The fraction of sp³-hybridized carbons (Fsp3) is 1.00. The number of nitrogens with zero attached hydrogens (tertiary/aromatic N) is 1. The third-order valence-corrected chi connectivity index (χ3v) is 3.71. The van der Waals surface area contributed by atoms with Crippen molar-refractivity contribution in [3.05, 3.63) is 0 Å². The Hall–Kier alpha value is -0.0800. The molecule has 0 saturated carbocycles. The highest BCUT2D eigenvalue weighted by Crippen LogP contribution is 2.18. The fourth-order valence-corrected chi connectivity index (χ4v) is 2.68. The van der Waals surface area contributed by atoms with Crippen molar-refractivity contribution in [3.8, 4) is 0 Å². The van der Waals surface area contributed by atoms with Crippen LogP contribution in [0.1, 0.15) is 53.4 Å². The molecule has 0 radical (unpaired) electrons. The maximum atomic E-state index is 3.49. The molecule has 0 spiro atoms. The summed E-state index contributed by atoms with van der Waals surface area (Å²) in [5.41, 5.74) is 0. The average molecular weight is 226 g/mol. The summed E-state index contributed by atoms with van der Waals surface area (Å²) in [4.78, 5) is 2.74. The van der Waals surface area contributed by atoms with Crippen molar-refractivity contribution in [3.63, 3.8) is 0 Å². The molecule has 0 amide bonds.